The van der Waals surface area contributed by atoms with Crippen LogP contribution in [0.3, 0.4) is 0 Å². The van der Waals surface area contributed by atoms with Crippen LogP contribution in [0.4, 0.5) is 0 Å². The molecule has 1 aliphatic carbocycles. The van der Waals surface area contributed by atoms with Gasteiger partial charge in [-0.15, -0.1) is 0 Å². The van der Waals surface area contributed by atoms with Crippen LogP contribution in [0.15, 0.2) is 24.3 Å². The number of hydrogen-bond acceptors (Lipinski definition) is 3. The van der Waals surface area contributed by atoms with Gasteiger partial charge < -0.3 is 10.1 Å². The number of nitriles is 1. The molecule has 1 saturated carbocycles. The zero-order valence-corrected chi connectivity index (χ0v) is 10.9. The van der Waals surface area contributed by atoms with Gasteiger partial charge in [-0.3, -0.25) is 0 Å². The molecule has 3 nitrogen and oxygen atoms in total. The summed E-state index contributed by atoms with van der Waals surface area (Å²) in [5.74, 6) is 0.771. The second-order valence-electron chi connectivity index (χ2n) is 5.22. The molecule has 2 rings (SSSR count). The maximum atomic E-state index is 8.49. The molecule has 1 N–H and O–H groups in total. The van der Waals surface area contributed by atoms with Gasteiger partial charge in [0.1, 0.15) is 11.8 Å². The lowest BCUT2D eigenvalue weighted by molar-refractivity contribution is 0.358. The molecular formula is C15H20N2O. The van der Waals surface area contributed by atoms with E-state index >= 15 is 0 Å². The van der Waals surface area contributed by atoms with Gasteiger partial charge in [0, 0.05) is 12.1 Å². The Bertz CT molecular complexity index is 430. The number of nitrogens with one attached hydrogen (secondary N) is 1. The lowest BCUT2D eigenvalue weighted by Gasteiger charge is -2.25. The van der Waals surface area contributed by atoms with Crippen molar-refractivity contribution in [1.82, 2.24) is 5.32 Å². The van der Waals surface area contributed by atoms with Gasteiger partial charge in [0.15, 0.2) is 6.61 Å². The summed E-state index contributed by atoms with van der Waals surface area (Å²) in [6.45, 7) is 3.27. The van der Waals surface area contributed by atoms with Crippen LogP contribution in [0.5, 0.6) is 5.75 Å². The molecule has 0 heterocycles. The van der Waals surface area contributed by atoms with E-state index in [1.807, 2.05) is 24.3 Å². The Hall–Kier alpha value is -1.53. The second-order valence-corrected chi connectivity index (χ2v) is 5.22. The highest BCUT2D eigenvalue weighted by Crippen LogP contribution is 2.29. The fraction of sp³-hybridized carbons (Fsp3) is 0.533. The second kappa shape index (κ2) is 5.88. The predicted molar refractivity (Wildman–Crippen MR) is 71.3 cm³/mol. The van der Waals surface area contributed by atoms with Gasteiger partial charge >= 0.3 is 0 Å². The average Bonchev–Trinajstić information content (AvgIpc) is 2.82. The van der Waals surface area contributed by atoms with Crippen molar-refractivity contribution in [3.63, 3.8) is 0 Å². The zero-order chi connectivity index (χ0) is 12.8. The summed E-state index contributed by atoms with van der Waals surface area (Å²) in [6, 6.07) is 9.93. The average molecular weight is 244 g/mol. The molecule has 1 fully saturated rings. The molecule has 3 heteroatoms. The van der Waals surface area contributed by atoms with Gasteiger partial charge in [-0.2, -0.15) is 5.26 Å². The third kappa shape index (κ3) is 3.48. The molecule has 0 spiro atoms. The van der Waals surface area contributed by atoms with Crippen molar-refractivity contribution in [2.45, 2.75) is 44.7 Å². The van der Waals surface area contributed by atoms with E-state index in [-0.39, 0.29) is 6.61 Å². The van der Waals surface area contributed by atoms with E-state index in [1.54, 1.807) is 0 Å². The van der Waals surface area contributed by atoms with Crippen LogP contribution in [0, 0.1) is 11.3 Å². The van der Waals surface area contributed by atoms with Gasteiger partial charge in [-0.1, -0.05) is 25.0 Å². The fourth-order valence-electron chi connectivity index (χ4n) is 2.51. The highest BCUT2D eigenvalue weighted by molar-refractivity contribution is 5.28. The lowest BCUT2D eigenvalue weighted by Crippen LogP contribution is -2.38. The molecule has 0 aliphatic heterocycles. The van der Waals surface area contributed by atoms with E-state index in [1.165, 1.54) is 31.2 Å². The van der Waals surface area contributed by atoms with Crippen molar-refractivity contribution in [2.75, 3.05) is 6.61 Å². The Labute approximate surface area is 109 Å². The molecule has 96 valence electrons. The first-order chi connectivity index (χ1) is 8.72. The first-order valence-corrected chi connectivity index (χ1v) is 6.56. The molecule has 1 aromatic carbocycles. The van der Waals surface area contributed by atoms with Crippen molar-refractivity contribution in [2.24, 2.45) is 0 Å². The van der Waals surface area contributed by atoms with Crippen LogP contribution in [0.2, 0.25) is 0 Å². The molecule has 0 saturated heterocycles. The van der Waals surface area contributed by atoms with Crippen LogP contribution >= 0.6 is 0 Å². The SMILES string of the molecule is CC1(NCc2cccc(OCC#N)c2)CCCC1. The Morgan fingerprint density at radius 1 is 1.39 bits per heavy atom. The van der Waals surface area contributed by atoms with Gasteiger partial charge in [-0.05, 0) is 37.5 Å². The predicted octanol–water partition coefficient (Wildman–Crippen LogP) is 3.01. The van der Waals surface area contributed by atoms with Gasteiger partial charge in [0.2, 0.25) is 0 Å². The standard InChI is InChI=1S/C15H20N2O/c1-15(7-2-3-8-15)17-12-13-5-4-6-14(11-13)18-10-9-16/h4-6,11,17H,2-3,7-8,10,12H2,1H3. The van der Waals surface area contributed by atoms with Crippen LogP contribution < -0.4 is 10.1 Å². The summed E-state index contributed by atoms with van der Waals surface area (Å²) in [7, 11) is 0. The summed E-state index contributed by atoms with van der Waals surface area (Å²) >= 11 is 0. The quantitative estimate of drug-likeness (QED) is 0.866. The maximum absolute atomic E-state index is 8.49. The lowest BCUT2D eigenvalue weighted by atomic mass is 10.0. The highest BCUT2D eigenvalue weighted by atomic mass is 16.5. The summed E-state index contributed by atoms with van der Waals surface area (Å²) < 4.78 is 5.30. The number of nitrogens with zero attached hydrogens (tertiary/aromatic N) is 1. The topological polar surface area (TPSA) is 45.0 Å². The molecule has 1 aromatic rings. The van der Waals surface area contributed by atoms with E-state index in [9.17, 15) is 0 Å². The molecule has 1 aliphatic rings. The number of benzene rings is 1. The Balaban J connectivity index is 1.91. The van der Waals surface area contributed by atoms with Gasteiger partial charge in [0.25, 0.3) is 0 Å². The van der Waals surface area contributed by atoms with E-state index in [0.717, 1.165) is 12.3 Å². The molecule has 0 amide bonds. The minimum absolute atomic E-state index is 0.106. The van der Waals surface area contributed by atoms with Gasteiger partial charge in [-0.25, -0.2) is 0 Å². The first kappa shape index (κ1) is 12.9. The molecule has 18 heavy (non-hydrogen) atoms. The molecular weight excluding hydrogens is 224 g/mol. The van der Waals surface area contributed by atoms with E-state index < -0.39 is 0 Å². The largest absolute Gasteiger partial charge is 0.479 e. The Morgan fingerprint density at radius 2 is 2.17 bits per heavy atom. The third-order valence-corrected chi connectivity index (χ3v) is 3.63. The first-order valence-electron chi connectivity index (χ1n) is 6.56. The number of hydrogen-bond donors (Lipinski definition) is 1. The van der Waals surface area contributed by atoms with Crippen LogP contribution in [0.1, 0.15) is 38.2 Å². The van der Waals surface area contributed by atoms with Crippen molar-refractivity contribution in [3.8, 4) is 11.8 Å². The third-order valence-electron chi connectivity index (χ3n) is 3.63. The van der Waals surface area contributed by atoms with E-state index in [4.69, 9.17) is 10.00 Å². The highest BCUT2D eigenvalue weighted by Gasteiger charge is 2.27. The van der Waals surface area contributed by atoms with Crippen LogP contribution in [0.25, 0.3) is 0 Å². The molecule has 0 bridgehead atoms. The van der Waals surface area contributed by atoms with Gasteiger partial charge in [0.05, 0.1) is 0 Å². The smallest absolute Gasteiger partial charge is 0.174 e. The summed E-state index contributed by atoms with van der Waals surface area (Å²) in [4.78, 5) is 0. The molecule has 0 atom stereocenters. The summed E-state index contributed by atoms with van der Waals surface area (Å²) in [6.07, 6.45) is 5.18. The van der Waals surface area contributed by atoms with Crippen molar-refractivity contribution in [1.29, 1.82) is 5.26 Å². The number of ether oxygens (including phenoxy) is 1. The summed E-state index contributed by atoms with van der Waals surface area (Å²) in [5, 5.41) is 12.1. The summed E-state index contributed by atoms with van der Waals surface area (Å²) in [5.41, 5.74) is 1.50. The molecule has 0 radical (unpaired) electrons. The normalized spacial score (nSPS) is 17.3. The molecule has 0 unspecified atom stereocenters. The van der Waals surface area contributed by atoms with Crippen molar-refractivity contribution in [3.05, 3.63) is 29.8 Å². The number of rotatable bonds is 5. The van der Waals surface area contributed by atoms with Crippen LogP contribution in [-0.4, -0.2) is 12.1 Å². The van der Waals surface area contributed by atoms with E-state index in [0.29, 0.717) is 5.54 Å². The Kier molecular flexibility index (Phi) is 4.22. The minimum atomic E-state index is 0.106. The maximum Gasteiger partial charge on any atom is 0.174 e. The minimum Gasteiger partial charge on any atom is -0.479 e. The monoisotopic (exact) mass is 244 g/mol. The molecule has 0 aromatic heterocycles. The fourth-order valence-corrected chi connectivity index (χ4v) is 2.51. The van der Waals surface area contributed by atoms with Crippen molar-refractivity contribution < 1.29 is 4.74 Å². The Morgan fingerprint density at radius 3 is 2.89 bits per heavy atom. The van der Waals surface area contributed by atoms with E-state index in [2.05, 4.69) is 18.3 Å². The van der Waals surface area contributed by atoms with Crippen molar-refractivity contribution >= 4 is 0 Å². The van der Waals surface area contributed by atoms with Crippen LogP contribution in [-0.2, 0) is 6.54 Å². The zero-order valence-electron chi connectivity index (χ0n) is 10.9.